The number of hydrogen-bond acceptors (Lipinski definition) is 3. The SMILES string of the molecule is CC(CCN)C(=O)NC1CCCCC1CO. The van der Waals surface area contributed by atoms with Crippen LogP contribution in [0, 0.1) is 11.8 Å². The Hall–Kier alpha value is -0.610. The van der Waals surface area contributed by atoms with Crippen molar-refractivity contribution in [3.8, 4) is 0 Å². The van der Waals surface area contributed by atoms with Gasteiger partial charge < -0.3 is 16.2 Å². The van der Waals surface area contributed by atoms with Crippen molar-refractivity contribution in [1.82, 2.24) is 5.32 Å². The van der Waals surface area contributed by atoms with Crippen molar-refractivity contribution >= 4 is 5.91 Å². The minimum absolute atomic E-state index is 0.0220. The largest absolute Gasteiger partial charge is 0.396 e. The van der Waals surface area contributed by atoms with Crippen LogP contribution in [0.3, 0.4) is 0 Å². The van der Waals surface area contributed by atoms with Gasteiger partial charge in [0.1, 0.15) is 0 Å². The van der Waals surface area contributed by atoms with E-state index in [0.29, 0.717) is 6.54 Å². The van der Waals surface area contributed by atoms with E-state index in [4.69, 9.17) is 5.73 Å². The van der Waals surface area contributed by atoms with Gasteiger partial charge in [-0.1, -0.05) is 19.8 Å². The Kier molecular flexibility index (Phi) is 5.77. The first-order valence-electron chi connectivity index (χ1n) is 6.30. The van der Waals surface area contributed by atoms with E-state index < -0.39 is 0 Å². The van der Waals surface area contributed by atoms with Crippen molar-refractivity contribution in [1.29, 1.82) is 0 Å². The molecule has 0 spiro atoms. The van der Waals surface area contributed by atoms with Crippen LogP contribution in [0.25, 0.3) is 0 Å². The third-order valence-electron chi connectivity index (χ3n) is 3.52. The van der Waals surface area contributed by atoms with Crippen LogP contribution in [0.2, 0.25) is 0 Å². The van der Waals surface area contributed by atoms with Crippen molar-refractivity contribution in [3.05, 3.63) is 0 Å². The first kappa shape index (κ1) is 13.5. The number of aliphatic hydroxyl groups is 1. The van der Waals surface area contributed by atoms with E-state index in [1.54, 1.807) is 0 Å². The quantitative estimate of drug-likeness (QED) is 0.646. The average Bonchev–Trinajstić information content (AvgIpc) is 2.30. The topological polar surface area (TPSA) is 75.4 Å². The number of amides is 1. The van der Waals surface area contributed by atoms with Gasteiger partial charge in [0.2, 0.25) is 5.91 Å². The molecule has 3 unspecified atom stereocenters. The third-order valence-corrected chi connectivity index (χ3v) is 3.52. The fourth-order valence-electron chi connectivity index (χ4n) is 2.32. The molecule has 0 radical (unpaired) electrons. The molecule has 4 nitrogen and oxygen atoms in total. The molecule has 0 aliphatic heterocycles. The number of nitrogens with two attached hydrogens (primary N) is 1. The summed E-state index contributed by atoms with van der Waals surface area (Å²) in [6.45, 7) is 2.62. The molecule has 1 amide bonds. The summed E-state index contributed by atoms with van der Waals surface area (Å²) in [5, 5.41) is 12.3. The van der Waals surface area contributed by atoms with Crippen LogP contribution in [0.5, 0.6) is 0 Å². The van der Waals surface area contributed by atoms with Crippen LogP contribution in [0.1, 0.15) is 39.0 Å². The molecule has 1 saturated carbocycles. The van der Waals surface area contributed by atoms with Gasteiger partial charge in [-0.3, -0.25) is 4.79 Å². The molecule has 1 fully saturated rings. The lowest BCUT2D eigenvalue weighted by atomic mass is 9.84. The van der Waals surface area contributed by atoms with E-state index in [1.165, 1.54) is 0 Å². The number of aliphatic hydroxyl groups excluding tert-OH is 1. The monoisotopic (exact) mass is 228 g/mol. The summed E-state index contributed by atoms with van der Waals surface area (Å²) < 4.78 is 0. The van der Waals surface area contributed by atoms with Crippen LogP contribution in [0.4, 0.5) is 0 Å². The van der Waals surface area contributed by atoms with Crippen LogP contribution in [-0.4, -0.2) is 30.2 Å². The maximum absolute atomic E-state index is 11.8. The van der Waals surface area contributed by atoms with E-state index in [2.05, 4.69) is 5.32 Å². The van der Waals surface area contributed by atoms with Crippen molar-refractivity contribution in [2.24, 2.45) is 17.6 Å². The fourth-order valence-corrected chi connectivity index (χ4v) is 2.32. The highest BCUT2D eigenvalue weighted by molar-refractivity contribution is 5.78. The highest BCUT2D eigenvalue weighted by Gasteiger charge is 2.26. The number of hydrogen-bond donors (Lipinski definition) is 3. The molecule has 0 aromatic carbocycles. The Bertz CT molecular complexity index is 221. The standard InChI is InChI=1S/C12H24N2O2/c1-9(6-7-13)12(16)14-11-5-3-2-4-10(11)8-15/h9-11,15H,2-8,13H2,1H3,(H,14,16). The van der Waals surface area contributed by atoms with Gasteiger partial charge in [0, 0.05) is 24.5 Å². The van der Waals surface area contributed by atoms with E-state index in [0.717, 1.165) is 32.1 Å². The molecule has 4 heteroatoms. The summed E-state index contributed by atoms with van der Waals surface area (Å²) in [5.74, 6) is 0.296. The summed E-state index contributed by atoms with van der Waals surface area (Å²) in [4.78, 5) is 11.8. The normalized spacial score (nSPS) is 27.4. The molecule has 1 aliphatic carbocycles. The van der Waals surface area contributed by atoms with E-state index in [9.17, 15) is 9.90 Å². The summed E-state index contributed by atoms with van der Waals surface area (Å²) >= 11 is 0. The van der Waals surface area contributed by atoms with Gasteiger partial charge in [-0.25, -0.2) is 0 Å². The highest BCUT2D eigenvalue weighted by atomic mass is 16.3. The van der Waals surface area contributed by atoms with Crippen molar-refractivity contribution < 1.29 is 9.90 Å². The van der Waals surface area contributed by atoms with Crippen molar-refractivity contribution in [3.63, 3.8) is 0 Å². The molecule has 0 aromatic rings. The van der Waals surface area contributed by atoms with Crippen LogP contribution in [0.15, 0.2) is 0 Å². The molecule has 1 rings (SSSR count). The molecule has 0 heterocycles. The zero-order valence-corrected chi connectivity index (χ0v) is 10.1. The summed E-state index contributed by atoms with van der Waals surface area (Å²) in [6.07, 6.45) is 5.05. The second-order valence-electron chi connectivity index (χ2n) is 4.82. The first-order chi connectivity index (χ1) is 7.69. The van der Waals surface area contributed by atoms with Gasteiger partial charge in [0.25, 0.3) is 0 Å². The number of carbonyl (C=O) groups excluding carboxylic acids is 1. The maximum Gasteiger partial charge on any atom is 0.223 e. The second kappa shape index (κ2) is 6.86. The predicted molar refractivity (Wildman–Crippen MR) is 63.8 cm³/mol. The van der Waals surface area contributed by atoms with Gasteiger partial charge in [-0.05, 0) is 25.8 Å². The zero-order chi connectivity index (χ0) is 12.0. The molecule has 1 aliphatic rings. The molecular formula is C12H24N2O2. The van der Waals surface area contributed by atoms with Crippen LogP contribution >= 0.6 is 0 Å². The lowest BCUT2D eigenvalue weighted by Crippen LogP contribution is -2.45. The Morgan fingerprint density at radius 3 is 2.81 bits per heavy atom. The Labute approximate surface area is 97.6 Å². The second-order valence-corrected chi connectivity index (χ2v) is 4.82. The Balaban J connectivity index is 2.41. The average molecular weight is 228 g/mol. The van der Waals surface area contributed by atoms with Gasteiger partial charge in [0.05, 0.1) is 0 Å². The van der Waals surface area contributed by atoms with E-state index in [1.807, 2.05) is 6.92 Å². The first-order valence-corrected chi connectivity index (χ1v) is 6.30. The molecule has 4 N–H and O–H groups in total. The Morgan fingerprint density at radius 2 is 2.19 bits per heavy atom. The number of rotatable bonds is 5. The zero-order valence-electron chi connectivity index (χ0n) is 10.1. The van der Waals surface area contributed by atoms with Crippen LogP contribution < -0.4 is 11.1 Å². The van der Waals surface area contributed by atoms with Crippen molar-refractivity contribution in [2.75, 3.05) is 13.2 Å². The number of carbonyl (C=O) groups is 1. The van der Waals surface area contributed by atoms with E-state index in [-0.39, 0.29) is 30.4 Å². The summed E-state index contributed by atoms with van der Waals surface area (Å²) in [6, 6.07) is 0.159. The molecule has 0 aromatic heterocycles. The van der Waals surface area contributed by atoms with Crippen molar-refractivity contribution in [2.45, 2.75) is 45.1 Å². The number of nitrogens with one attached hydrogen (secondary N) is 1. The fraction of sp³-hybridized carbons (Fsp3) is 0.917. The predicted octanol–water partition coefficient (Wildman–Crippen LogP) is 0.639. The van der Waals surface area contributed by atoms with Gasteiger partial charge in [0.15, 0.2) is 0 Å². The van der Waals surface area contributed by atoms with E-state index >= 15 is 0 Å². The molecular weight excluding hydrogens is 204 g/mol. The van der Waals surface area contributed by atoms with Gasteiger partial charge in [-0.15, -0.1) is 0 Å². The summed E-state index contributed by atoms with van der Waals surface area (Å²) in [7, 11) is 0. The molecule has 0 saturated heterocycles. The smallest absolute Gasteiger partial charge is 0.223 e. The Morgan fingerprint density at radius 1 is 1.50 bits per heavy atom. The lowest BCUT2D eigenvalue weighted by Gasteiger charge is -2.31. The third kappa shape index (κ3) is 3.76. The lowest BCUT2D eigenvalue weighted by molar-refractivity contribution is -0.126. The van der Waals surface area contributed by atoms with Crippen LogP contribution in [-0.2, 0) is 4.79 Å². The molecule has 0 bridgehead atoms. The summed E-state index contributed by atoms with van der Waals surface area (Å²) in [5.41, 5.74) is 5.43. The minimum Gasteiger partial charge on any atom is -0.396 e. The van der Waals surface area contributed by atoms with Gasteiger partial charge >= 0.3 is 0 Å². The molecule has 16 heavy (non-hydrogen) atoms. The minimum atomic E-state index is -0.0220. The maximum atomic E-state index is 11.8. The van der Waals surface area contributed by atoms with Gasteiger partial charge in [-0.2, -0.15) is 0 Å². The molecule has 94 valence electrons. The molecule has 3 atom stereocenters. The highest BCUT2D eigenvalue weighted by Crippen LogP contribution is 2.24.